The SMILES string of the molecule is Cc1cc(C)n(CCCNc2nc3ccc(Cl)cc3s2)n1. The Labute approximate surface area is 132 Å². The van der Waals surface area contributed by atoms with Gasteiger partial charge in [0.15, 0.2) is 5.13 Å². The molecule has 110 valence electrons. The fraction of sp³-hybridized carbons (Fsp3) is 0.333. The zero-order valence-electron chi connectivity index (χ0n) is 12.1. The molecule has 0 saturated carbocycles. The van der Waals surface area contributed by atoms with Gasteiger partial charge in [0.2, 0.25) is 0 Å². The normalized spacial score (nSPS) is 11.2. The van der Waals surface area contributed by atoms with Crippen molar-refractivity contribution in [2.24, 2.45) is 0 Å². The molecule has 0 amide bonds. The second-order valence-corrected chi connectivity index (χ2v) is 6.53. The van der Waals surface area contributed by atoms with Gasteiger partial charge in [-0.1, -0.05) is 22.9 Å². The summed E-state index contributed by atoms with van der Waals surface area (Å²) in [5.74, 6) is 0. The van der Waals surface area contributed by atoms with E-state index in [1.54, 1.807) is 11.3 Å². The number of anilines is 1. The standard InChI is InChI=1S/C15H17ClN4S/c1-10-8-11(2)20(19-10)7-3-6-17-15-18-13-5-4-12(16)9-14(13)21-15/h4-5,8-9H,3,6-7H2,1-2H3,(H,17,18). The van der Waals surface area contributed by atoms with Crippen LogP contribution < -0.4 is 5.32 Å². The third-order valence-electron chi connectivity index (χ3n) is 3.28. The first-order chi connectivity index (χ1) is 10.1. The minimum absolute atomic E-state index is 0.752. The lowest BCUT2D eigenvalue weighted by molar-refractivity contribution is 0.573. The number of fused-ring (bicyclic) bond motifs is 1. The van der Waals surface area contributed by atoms with Crippen LogP contribution in [0, 0.1) is 13.8 Å². The Hall–Kier alpha value is -1.59. The number of rotatable bonds is 5. The molecular formula is C15H17ClN4S. The van der Waals surface area contributed by atoms with Gasteiger partial charge < -0.3 is 5.32 Å². The highest BCUT2D eigenvalue weighted by Gasteiger charge is 2.04. The smallest absolute Gasteiger partial charge is 0.183 e. The van der Waals surface area contributed by atoms with E-state index in [4.69, 9.17) is 11.6 Å². The molecule has 0 aliphatic rings. The summed E-state index contributed by atoms with van der Waals surface area (Å²) in [5.41, 5.74) is 3.27. The van der Waals surface area contributed by atoms with Gasteiger partial charge in [-0.15, -0.1) is 0 Å². The number of nitrogens with one attached hydrogen (secondary N) is 1. The lowest BCUT2D eigenvalue weighted by Gasteiger charge is -2.05. The molecule has 21 heavy (non-hydrogen) atoms. The van der Waals surface area contributed by atoms with Crippen LogP contribution in [0.3, 0.4) is 0 Å². The van der Waals surface area contributed by atoms with Crippen LogP contribution in [0.4, 0.5) is 5.13 Å². The average molecular weight is 321 g/mol. The molecule has 0 aliphatic carbocycles. The molecule has 1 N–H and O–H groups in total. The monoisotopic (exact) mass is 320 g/mol. The Morgan fingerprint density at radius 2 is 2.14 bits per heavy atom. The molecule has 0 bridgehead atoms. The van der Waals surface area contributed by atoms with Gasteiger partial charge in [0.1, 0.15) is 0 Å². The Morgan fingerprint density at radius 3 is 2.90 bits per heavy atom. The maximum Gasteiger partial charge on any atom is 0.183 e. The van der Waals surface area contributed by atoms with Crippen molar-refractivity contribution in [3.8, 4) is 0 Å². The van der Waals surface area contributed by atoms with Gasteiger partial charge in [-0.2, -0.15) is 5.10 Å². The van der Waals surface area contributed by atoms with E-state index in [2.05, 4.69) is 33.1 Å². The maximum atomic E-state index is 5.99. The zero-order valence-corrected chi connectivity index (χ0v) is 13.6. The van der Waals surface area contributed by atoms with E-state index in [0.717, 1.165) is 45.6 Å². The van der Waals surface area contributed by atoms with Gasteiger partial charge >= 0.3 is 0 Å². The van der Waals surface area contributed by atoms with Gasteiger partial charge in [0.05, 0.1) is 15.9 Å². The number of aryl methyl sites for hydroxylation is 3. The van der Waals surface area contributed by atoms with Crippen molar-refractivity contribution >= 4 is 38.3 Å². The molecule has 2 heterocycles. The lowest BCUT2D eigenvalue weighted by atomic mass is 10.3. The van der Waals surface area contributed by atoms with Crippen LogP contribution in [0.5, 0.6) is 0 Å². The summed E-state index contributed by atoms with van der Waals surface area (Å²) in [5, 5.41) is 9.53. The van der Waals surface area contributed by atoms with Crippen molar-refractivity contribution in [1.82, 2.24) is 14.8 Å². The second-order valence-electron chi connectivity index (χ2n) is 5.06. The van der Waals surface area contributed by atoms with E-state index in [1.165, 1.54) is 5.69 Å². The fourth-order valence-electron chi connectivity index (χ4n) is 2.30. The molecule has 0 spiro atoms. The summed E-state index contributed by atoms with van der Waals surface area (Å²) in [4.78, 5) is 4.55. The van der Waals surface area contributed by atoms with Crippen molar-refractivity contribution in [3.05, 3.63) is 40.7 Å². The number of halogens is 1. The second kappa shape index (κ2) is 6.03. The Bertz CT molecular complexity index is 762. The Balaban J connectivity index is 1.55. The van der Waals surface area contributed by atoms with Gasteiger partial charge in [0.25, 0.3) is 0 Å². The third-order valence-corrected chi connectivity index (χ3v) is 4.49. The lowest BCUT2D eigenvalue weighted by Crippen LogP contribution is -2.08. The van der Waals surface area contributed by atoms with E-state index in [0.29, 0.717) is 0 Å². The number of benzene rings is 1. The van der Waals surface area contributed by atoms with Crippen LogP contribution in [-0.4, -0.2) is 21.3 Å². The van der Waals surface area contributed by atoms with Crippen LogP contribution in [0.15, 0.2) is 24.3 Å². The first-order valence-corrected chi connectivity index (χ1v) is 8.12. The van der Waals surface area contributed by atoms with Crippen molar-refractivity contribution < 1.29 is 0 Å². The Morgan fingerprint density at radius 1 is 1.29 bits per heavy atom. The number of thiazole rings is 1. The van der Waals surface area contributed by atoms with E-state index >= 15 is 0 Å². The highest BCUT2D eigenvalue weighted by atomic mass is 35.5. The van der Waals surface area contributed by atoms with Gasteiger partial charge in [-0.25, -0.2) is 4.98 Å². The van der Waals surface area contributed by atoms with E-state index < -0.39 is 0 Å². The molecule has 0 saturated heterocycles. The first kappa shape index (κ1) is 14.4. The quantitative estimate of drug-likeness (QED) is 0.714. The van der Waals surface area contributed by atoms with Crippen molar-refractivity contribution in [3.63, 3.8) is 0 Å². The van der Waals surface area contributed by atoms with Crippen molar-refractivity contribution in [1.29, 1.82) is 0 Å². The summed E-state index contributed by atoms with van der Waals surface area (Å²) in [6.45, 7) is 5.91. The van der Waals surface area contributed by atoms with Gasteiger partial charge in [0, 0.05) is 23.8 Å². The van der Waals surface area contributed by atoms with E-state index in [1.807, 2.05) is 25.1 Å². The number of aromatic nitrogens is 3. The molecule has 1 aromatic carbocycles. The Kier molecular flexibility index (Phi) is 4.12. The molecule has 3 rings (SSSR count). The van der Waals surface area contributed by atoms with Crippen LogP contribution >= 0.6 is 22.9 Å². The van der Waals surface area contributed by atoms with Crippen molar-refractivity contribution in [2.75, 3.05) is 11.9 Å². The molecule has 3 aromatic rings. The molecule has 0 atom stereocenters. The molecule has 0 aliphatic heterocycles. The molecule has 6 heteroatoms. The van der Waals surface area contributed by atoms with Crippen molar-refractivity contribution in [2.45, 2.75) is 26.8 Å². The largest absolute Gasteiger partial charge is 0.361 e. The molecule has 0 unspecified atom stereocenters. The summed E-state index contributed by atoms with van der Waals surface area (Å²) < 4.78 is 3.17. The number of hydrogen-bond donors (Lipinski definition) is 1. The van der Waals surface area contributed by atoms with Gasteiger partial charge in [-0.05, 0) is 44.5 Å². The minimum Gasteiger partial charge on any atom is -0.361 e. The molecular weight excluding hydrogens is 304 g/mol. The predicted molar refractivity (Wildman–Crippen MR) is 89.4 cm³/mol. The third kappa shape index (κ3) is 3.36. The molecule has 2 aromatic heterocycles. The highest BCUT2D eigenvalue weighted by molar-refractivity contribution is 7.22. The summed E-state index contributed by atoms with van der Waals surface area (Å²) in [6, 6.07) is 7.88. The average Bonchev–Trinajstić information content (AvgIpc) is 2.97. The number of nitrogens with zero attached hydrogens (tertiary/aromatic N) is 3. The van der Waals surface area contributed by atoms with E-state index in [-0.39, 0.29) is 0 Å². The number of hydrogen-bond acceptors (Lipinski definition) is 4. The summed E-state index contributed by atoms with van der Waals surface area (Å²) >= 11 is 7.62. The minimum atomic E-state index is 0.752. The fourth-order valence-corrected chi connectivity index (χ4v) is 3.47. The van der Waals surface area contributed by atoms with Crippen LogP contribution in [-0.2, 0) is 6.54 Å². The highest BCUT2D eigenvalue weighted by Crippen LogP contribution is 2.28. The maximum absolute atomic E-state index is 5.99. The van der Waals surface area contributed by atoms with Gasteiger partial charge in [-0.3, -0.25) is 4.68 Å². The van der Waals surface area contributed by atoms with Crippen LogP contribution in [0.25, 0.3) is 10.2 Å². The summed E-state index contributed by atoms with van der Waals surface area (Å²) in [7, 11) is 0. The zero-order chi connectivity index (χ0) is 14.8. The van der Waals surface area contributed by atoms with E-state index in [9.17, 15) is 0 Å². The van der Waals surface area contributed by atoms with Crippen LogP contribution in [0.2, 0.25) is 5.02 Å². The molecule has 0 radical (unpaired) electrons. The summed E-state index contributed by atoms with van der Waals surface area (Å²) in [6.07, 6.45) is 1.01. The molecule has 0 fully saturated rings. The topological polar surface area (TPSA) is 42.7 Å². The predicted octanol–water partition coefficient (Wildman–Crippen LogP) is 4.27. The first-order valence-electron chi connectivity index (χ1n) is 6.93. The molecule has 4 nitrogen and oxygen atoms in total. The van der Waals surface area contributed by atoms with Crippen LogP contribution in [0.1, 0.15) is 17.8 Å².